The van der Waals surface area contributed by atoms with Crippen LogP contribution in [-0.4, -0.2) is 21.9 Å². The summed E-state index contributed by atoms with van der Waals surface area (Å²) in [5.74, 6) is 0.540. The third-order valence-corrected chi connectivity index (χ3v) is 3.72. The van der Waals surface area contributed by atoms with Gasteiger partial charge in [0, 0.05) is 24.7 Å². The van der Waals surface area contributed by atoms with Crippen LogP contribution in [0.4, 0.5) is 0 Å². The van der Waals surface area contributed by atoms with Crippen molar-refractivity contribution in [3.63, 3.8) is 0 Å². The molecule has 0 amide bonds. The highest BCUT2D eigenvalue weighted by Gasteiger charge is 2.18. The summed E-state index contributed by atoms with van der Waals surface area (Å²) in [5, 5.41) is 8.66. The molecule has 1 rings (SSSR count). The summed E-state index contributed by atoms with van der Waals surface area (Å²) in [6.45, 7) is 10.8. The van der Waals surface area contributed by atoms with Gasteiger partial charge in [-0.2, -0.15) is 5.10 Å². The molecule has 2 atom stereocenters. The van der Waals surface area contributed by atoms with Crippen LogP contribution in [0.15, 0.2) is 0 Å². The smallest absolute Gasteiger partial charge is 0.130 e. The molecule has 3 nitrogen and oxygen atoms in total. The third kappa shape index (κ3) is 3.71. The fraction of sp³-hybridized carbons (Fsp3) is 0.769. The number of aromatic nitrogens is 2. The minimum atomic E-state index is 0.477. The minimum absolute atomic E-state index is 0.477. The Hall–Kier alpha value is -0.540. The van der Waals surface area contributed by atoms with Crippen LogP contribution in [0, 0.1) is 12.8 Å². The number of halogens is 1. The Morgan fingerprint density at radius 3 is 2.29 bits per heavy atom. The van der Waals surface area contributed by atoms with Gasteiger partial charge in [0.25, 0.3) is 0 Å². The SMILES string of the molecule is Cc1nn(C)c(Cl)c1CC(C)C(C)NC(C)C. The number of hydrogen-bond acceptors (Lipinski definition) is 2. The van der Waals surface area contributed by atoms with Crippen molar-refractivity contribution >= 4 is 11.6 Å². The number of nitrogens with zero attached hydrogens (tertiary/aromatic N) is 2. The topological polar surface area (TPSA) is 29.9 Å². The Bertz CT molecular complexity index is 371. The predicted octanol–water partition coefficient (Wildman–Crippen LogP) is 2.95. The second-order valence-corrected chi connectivity index (χ2v) is 5.63. The lowest BCUT2D eigenvalue weighted by Crippen LogP contribution is -2.37. The van der Waals surface area contributed by atoms with Crippen LogP contribution in [0.1, 0.15) is 39.0 Å². The van der Waals surface area contributed by atoms with Gasteiger partial charge < -0.3 is 5.32 Å². The second-order valence-electron chi connectivity index (χ2n) is 5.27. The van der Waals surface area contributed by atoms with E-state index in [0.29, 0.717) is 18.0 Å². The van der Waals surface area contributed by atoms with E-state index < -0.39 is 0 Å². The standard InChI is InChI=1S/C13H24ClN3/c1-8(2)15-10(4)9(3)7-12-11(5)16-17(6)13(12)14/h8-10,15H,7H2,1-6H3. The quantitative estimate of drug-likeness (QED) is 0.879. The van der Waals surface area contributed by atoms with E-state index in [1.54, 1.807) is 4.68 Å². The molecule has 0 aliphatic carbocycles. The van der Waals surface area contributed by atoms with Crippen LogP contribution in [0.2, 0.25) is 5.15 Å². The first-order valence-corrected chi connectivity index (χ1v) is 6.64. The van der Waals surface area contributed by atoms with E-state index >= 15 is 0 Å². The van der Waals surface area contributed by atoms with Gasteiger partial charge in [-0.1, -0.05) is 32.4 Å². The molecule has 0 fully saturated rings. The van der Waals surface area contributed by atoms with Gasteiger partial charge in [-0.15, -0.1) is 0 Å². The lowest BCUT2D eigenvalue weighted by Gasteiger charge is -2.23. The van der Waals surface area contributed by atoms with Crippen molar-refractivity contribution < 1.29 is 0 Å². The molecule has 0 spiro atoms. The van der Waals surface area contributed by atoms with Crippen LogP contribution < -0.4 is 5.32 Å². The molecule has 98 valence electrons. The number of rotatable bonds is 5. The Morgan fingerprint density at radius 2 is 1.88 bits per heavy atom. The molecule has 0 aromatic carbocycles. The van der Waals surface area contributed by atoms with Crippen LogP contribution in [-0.2, 0) is 13.5 Å². The zero-order valence-corrected chi connectivity index (χ0v) is 12.5. The van der Waals surface area contributed by atoms with Crippen LogP contribution >= 0.6 is 11.6 Å². The fourth-order valence-electron chi connectivity index (χ4n) is 2.09. The van der Waals surface area contributed by atoms with E-state index in [1.807, 2.05) is 14.0 Å². The van der Waals surface area contributed by atoms with Crippen molar-refractivity contribution in [3.8, 4) is 0 Å². The maximum absolute atomic E-state index is 6.25. The highest BCUT2D eigenvalue weighted by Crippen LogP contribution is 2.23. The van der Waals surface area contributed by atoms with Crippen molar-refractivity contribution in [2.75, 3.05) is 0 Å². The zero-order chi connectivity index (χ0) is 13.2. The van der Waals surface area contributed by atoms with Crippen molar-refractivity contribution in [2.45, 2.75) is 53.1 Å². The van der Waals surface area contributed by atoms with E-state index in [2.05, 4.69) is 38.1 Å². The monoisotopic (exact) mass is 257 g/mol. The van der Waals surface area contributed by atoms with Gasteiger partial charge in [0.15, 0.2) is 0 Å². The summed E-state index contributed by atoms with van der Waals surface area (Å²) in [7, 11) is 1.89. The molecule has 0 aliphatic rings. The number of hydrogen-bond donors (Lipinski definition) is 1. The molecule has 0 aliphatic heterocycles. The van der Waals surface area contributed by atoms with Gasteiger partial charge in [0.05, 0.1) is 5.69 Å². The summed E-state index contributed by atoms with van der Waals surface area (Å²) < 4.78 is 1.75. The van der Waals surface area contributed by atoms with Gasteiger partial charge in [-0.25, -0.2) is 0 Å². The Labute approximate surface area is 110 Å². The van der Waals surface area contributed by atoms with Gasteiger partial charge in [0.2, 0.25) is 0 Å². The first kappa shape index (κ1) is 14.5. The van der Waals surface area contributed by atoms with Crippen molar-refractivity contribution in [3.05, 3.63) is 16.4 Å². The van der Waals surface area contributed by atoms with Gasteiger partial charge >= 0.3 is 0 Å². The van der Waals surface area contributed by atoms with Crippen LogP contribution in [0.3, 0.4) is 0 Å². The highest BCUT2D eigenvalue weighted by atomic mass is 35.5. The fourth-order valence-corrected chi connectivity index (χ4v) is 2.35. The van der Waals surface area contributed by atoms with Gasteiger partial charge in [-0.05, 0) is 26.2 Å². The molecule has 0 bridgehead atoms. The lowest BCUT2D eigenvalue weighted by molar-refractivity contribution is 0.371. The van der Waals surface area contributed by atoms with Gasteiger partial charge in [-0.3, -0.25) is 4.68 Å². The molecule has 0 saturated carbocycles. The zero-order valence-electron chi connectivity index (χ0n) is 11.7. The summed E-state index contributed by atoms with van der Waals surface area (Å²) >= 11 is 6.25. The second kappa shape index (κ2) is 5.87. The van der Waals surface area contributed by atoms with Crippen LogP contribution in [0.25, 0.3) is 0 Å². The molecular weight excluding hydrogens is 234 g/mol. The van der Waals surface area contributed by atoms with E-state index in [1.165, 1.54) is 5.56 Å². The number of aryl methyl sites for hydroxylation is 2. The lowest BCUT2D eigenvalue weighted by atomic mass is 9.95. The largest absolute Gasteiger partial charge is 0.312 e. The van der Waals surface area contributed by atoms with E-state index in [0.717, 1.165) is 17.3 Å². The van der Waals surface area contributed by atoms with Crippen molar-refractivity contribution in [1.82, 2.24) is 15.1 Å². The average Bonchev–Trinajstić information content (AvgIpc) is 2.44. The highest BCUT2D eigenvalue weighted by molar-refractivity contribution is 6.30. The molecule has 2 unspecified atom stereocenters. The molecule has 1 N–H and O–H groups in total. The number of nitrogens with one attached hydrogen (secondary N) is 1. The van der Waals surface area contributed by atoms with E-state index in [-0.39, 0.29) is 0 Å². The summed E-state index contributed by atoms with van der Waals surface area (Å²) in [6, 6.07) is 0.989. The van der Waals surface area contributed by atoms with Gasteiger partial charge in [0.1, 0.15) is 5.15 Å². The molecule has 1 aromatic heterocycles. The summed E-state index contributed by atoms with van der Waals surface area (Å²) in [4.78, 5) is 0. The third-order valence-electron chi connectivity index (χ3n) is 3.25. The normalized spacial score (nSPS) is 15.3. The Morgan fingerprint density at radius 1 is 1.29 bits per heavy atom. The molecule has 0 radical (unpaired) electrons. The molecule has 0 saturated heterocycles. The summed E-state index contributed by atoms with van der Waals surface area (Å²) in [5.41, 5.74) is 2.22. The predicted molar refractivity (Wildman–Crippen MR) is 73.6 cm³/mol. The molecule has 1 heterocycles. The molecular formula is C13H24ClN3. The Kier molecular flexibility index (Phi) is 5.02. The molecule has 1 aromatic rings. The Balaban J connectivity index is 2.70. The first-order chi connectivity index (χ1) is 7.82. The van der Waals surface area contributed by atoms with Crippen molar-refractivity contribution in [1.29, 1.82) is 0 Å². The van der Waals surface area contributed by atoms with E-state index in [4.69, 9.17) is 11.6 Å². The average molecular weight is 258 g/mol. The van der Waals surface area contributed by atoms with E-state index in [9.17, 15) is 0 Å². The first-order valence-electron chi connectivity index (χ1n) is 6.27. The molecule has 17 heavy (non-hydrogen) atoms. The maximum Gasteiger partial charge on any atom is 0.130 e. The minimum Gasteiger partial charge on any atom is -0.312 e. The maximum atomic E-state index is 6.25. The molecule has 4 heteroatoms. The van der Waals surface area contributed by atoms with Crippen molar-refractivity contribution in [2.24, 2.45) is 13.0 Å². The summed E-state index contributed by atoms with van der Waals surface area (Å²) in [6.07, 6.45) is 0.972. The van der Waals surface area contributed by atoms with Crippen LogP contribution in [0.5, 0.6) is 0 Å².